The van der Waals surface area contributed by atoms with E-state index < -0.39 is 0 Å². The Labute approximate surface area is 124 Å². The second-order valence-electron chi connectivity index (χ2n) is 5.14. The number of nitrogens with two attached hydrogens (primary N) is 1. The minimum atomic E-state index is -0.190. The molecule has 0 saturated carbocycles. The second kappa shape index (κ2) is 6.49. The Hall–Kier alpha value is -2.21. The summed E-state index contributed by atoms with van der Waals surface area (Å²) in [5.74, 6) is -0.125. The average molecular weight is 287 g/mol. The molecular formula is C15H21N5O. The van der Waals surface area contributed by atoms with E-state index in [1.807, 2.05) is 32.0 Å². The molecule has 3 N–H and O–H groups in total. The zero-order valence-electron chi connectivity index (χ0n) is 12.6. The van der Waals surface area contributed by atoms with Gasteiger partial charge in [-0.2, -0.15) is 0 Å². The van der Waals surface area contributed by atoms with Crippen LogP contribution in [0.3, 0.4) is 0 Å². The molecule has 0 aliphatic rings. The van der Waals surface area contributed by atoms with Crippen molar-refractivity contribution < 1.29 is 4.79 Å². The zero-order chi connectivity index (χ0) is 15.4. The van der Waals surface area contributed by atoms with E-state index in [1.54, 1.807) is 6.20 Å². The molecule has 6 nitrogen and oxygen atoms in total. The van der Waals surface area contributed by atoms with Gasteiger partial charge in [-0.1, -0.05) is 30.3 Å². The molecule has 0 fully saturated rings. The molecule has 6 heteroatoms. The highest BCUT2D eigenvalue weighted by Crippen LogP contribution is 2.21. The normalized spacial score (nSPS) is 12.2. The van der Waals surface area contributed by atoms with E-state index in [4.69, 9.17) is 5.73 Å². The average Bonchev–Trinajstić information content (AvgIpc) is 2.89. The van der Waals surface area contributed by atoms with Crippen molar-refractivity contribution in [1.29, 1.82) is 0 Å². The molecule has 1 heterocycles. The van der Waals surface area contributed by atoms with Crippen LogP contribution in [-0.4, -0.2) is 20.9 Å². The van der Waals surface area contributed by atoms with Gasteiger partial charge in [-0.15, -0.1) is 5.10 Å². The van der Waals surface area contributed by atoms with Gasteiger partial charge in [0.25, 0.3) is 0 Å². The lowest BCUT2D eigenvalue weighted by molar-refractivity contribution is -0.116. The van der Waals surface area contributed by atoms with Gasteiger partial charge in [0.15, 0.2) is 0 Å². The lowest BCUT2D eigenvalue weighted by Gasteiger charge is -2.12. The van der Waals surface area contributed by atoms with Crippen molar-refractivity contribution >= 4 is 11.6 Å². The van der Waals surface area contributed by atoms with Crippen LogP contribution in [0.2, 0.25) is 0 Å². The predicted octanol–water partition coefficient (Wildman–Crippen LogP) is 1.81. The quantitative estimate of drug-likeness (QED) is 0.878. The molecule has 0 aliphatic heterocycles. The van der Waals surface area contributed by atoms with Gasteiger partial charge >= 0.3 is 0 Å². The van der Waals surface area contributed by atoms with E-state index >= 15 is 0 Å². The summed E-state index contributed by atoms with van der Waals surface area (Å²) in [5, 5.41) is 10.8. The molecule has 2 aromatic rings. The monoisotopic (exact) mass is 287 g/mol. The largest absolute Gasteiger partial charge is 0.324 e. The van der Waals surface area contributed by atoms with Gasteiger partial charge in [0.2, 0.25) is 5.91 Å². The van der Waals surface area contributed by atoms with Crippen LogP contribution in [0.5, 0.6) is 0 Å². The summed E-state index contributed by atoms with van der Waals surface area (Å²) in [7, 11) is 0. The standard InChI is InChI=1S/C15H21N5O/c1-4-12-7-5-6-10(2)15(12)17-14(21)9-20-8-13(11(3)16)18-19-20/h5-8,11H,4,9,16H2,1-3H3,(H,17,21). The summed E-state index contributed by atoms with van der Waals surface area (Å²) in [6.07, 6.45) is 2.57. The van der Waals surface area contributed by atoms with E-state index in [2.05, 4.69) is 22.6 Å². The molecule has 1 unspecified atom stereocenters. The van der Waals surface area contributed by atoms with Gasteiger partial charge in [-0.3, -0.25) is 4.79 Å². The lowest BCUT2D eigenvalue weighted by atomic mass is 10.1. The number of aromatic nitrogens is 3. The van der Waals surface area contributed by atoms with Crippen LogP contribution in [0, 0.1) is 6.92 Å². The molecule has 0 aliphatic carbocycles. The van der Waals surface area contributed by atoms with Gasteiger partial charge in [-0.05, 0) is 31.4 Å². The van der Waals surface area contributed by atoms with Crippen molar-refractivity contribution in [2.45, 2.75) is 39.8 Å². The van der Waals surface area contributed by atoms with E-state index in [0.29, 0.717) is 5.69 Å². The highest BCUT2D eigenvalue weighted by atomic mass is 16.2. The smallest absolute Gasteiger partial charge is 0.246 e. The Morgan fingerprint density at radius 2 is 2.24 bits per heavy atom. The molecule has 21 heavy (non-hydrogen) atoms. The zero-order valence-corrected chi connectivity index (χ0v) is 12.6. The fourth-order valence-electron chi connectivity index (χ4n) is 2.13. The topological polar surface area (TPSA) is 85.8 Å². The van der Waals surface area contributed by atoms with Crippen LogP contribution < -0.4 is 11.1 Å². The lowest BCUT2D eigenvalue weighted by Crippen LogP contribution is -2.20. The van der Waals surface area contributed by atoms with E-state index in [0.717, 1.165) is 23.2 Å². The molecule has 0 saturated heterocycles. The fraction of sp³-hybridized carbons (Fsp3) is 0.400. The third-order valence-corrected chi connectivity index (χ3v) is 3.33. The first-order valence-corrected chi connectivity index (χ1v) is 7.05. The summed E-state index contributed by atoms with van der Waals surface area (Å²) in [6, 6.07) is 5.81. The second-order valence-corrected chi connectivity index (χ2v) is 5.14. The van der Waals surface area contributed by atoms with Crippen molar-refractivity contribution in [3.8, 4) is 0 Å². The molecule has 0 radical (unpaired) electrons. The van der Waals surface area contributed by atoms with Crippen LogP contribution in [-0.2, 0) is 17.8 Å². The highest BCUT2D eigenvalue weighted by Gasteiger charge is 2.11. The number of para-hydroxylation sites is 1. The fourth-order valence-corrected chi connectivity index (χ4v) is 2.13. The van der Waals surface area contributed by atoms with Gasteiger partial charge in [0, 0.05) is 11.7 Å². The summed E-state index contributed by atoms with van der Waals surface area (Å²) < 4.78 is 1.50. The number of aryl methyl sites for hydroxylation is 2. The number of carbonyl (C=O) groups excluding carboxylic acids is 1. The van der Waals surface area contributed by atoms with Crippen molar-refractivity contribution in [2.24, 2.45) is 5.73 Å². The molecule has 1 aromatic carbocycles. The minimum absolute atomic E-state index is 0.122. The van der Waals surface area contributed by atoms with Gasteiger partial charge < -0.3 is 11.1 Å². The molecule has 1 amide bonds. The van der Waals surface area contributed by atoms with Gasteiger partial charge in [-0.25, -0.2) is 4.68 Å². The predicted molar refractivity (Wildman–Crippen MR) is 81.8 cm³/mol. The summed E-state index contributed by atoms with van der Waals surface area (Å²) in [5.41, 5.74) is 9.46. The number of carbonyl (C=O) groups is 1. The number of nitrogens with one attached hydrogen (secondary N) is 1. The van der Waals surface area contributed by atoms with E-state index in [9.17, 15) is 4.79 Å². The maximum absolute atomic E-state index is 12.2. The third kappa shape index (κ3) is 3.66. The first-order valence-electron chi connectivity index (χ1n) is 7.05. The van der Waals surface area contributed by atoms with Crippen LogP contribution in [0.1, 0.15) is 36.7 Å². The van der Waals surface area contributed by atoms with Gasteiger partial charge in [0.05, 0.1) is 11.9 Å². The first-order chi connectivity index (χ1) is 10.0. The summed E-state index contributed by atoms with van der Waals surface area (Å²) in [4.78, 5) is 12.2. The highest BCUT2D eigenvalue weighted by molar-refractivity contribution is 5.92. The van der Waals surface area contributed by atoms with Crippen molar-refractivity contribution in [1.82, 2.24) is 15.0 Å². The Kier molecular flexibility index (Phi) is 4.70. The van der Waals surface area contributed by atoms with E-state index in [1.165, 1.54) is 4.68 Å². The molecule has 0 bridgehead atoms. The molecule has 112 valence electrons. The number of hydrogen-bond acceptors (Lipinski definition) is 4. The van der Waals surface area contributed by atoms with Crippen LogP contribution >= 0.6 is 0 Å². The first kappa shape index (κ1) is 15.2. The Morgan fingerprint density at radius 1 is 1.48 bits per heavy atom. The maximum atomic E-state index is 12.2. The van der Waals surface area contributed by atoms with Gasteiger partial charge in [0.1, 0.15) is 6.54 Å². The Morgan fingerprint density at radius 3 is 2.86 bits per heavy atom. The van der Waals surface area contributed by atoms with Crippen molar-refractivity contribution in [3.63, 3.8) is 0 Å². The van der Waals surface area contributed by atoms with E-state index in [-0.39, 0.29) is 18.5 Å². The van der Waals surface area contributed by atoms with Crippen LogP contribution in [0.4, 0.5) is 5.69 Å². The maximum Gasteiger partial charge on any atom is 0.246 e. The number of nitrogens with zero attached hydrogens (tertiary/aromatic N) is 3. The summed E-state index contributed by atoms with van der Waals surface area (Å²) >= 11 is 0. The number of hydrogen-bond donors (Lipinski definition) is 2. The van der Waals surface area contributed by atoms with Crippen LogP contribution in [0.15, 0.2) is 24.4 Å². The molecule has 0 spiro atoms. The SMILES string of the molecule is CCc1cccc(C)c1NC(=O)Cn1cc(C(C)N)nn1. The van der Waals surface area contributed by atoms with Crippen LogP contribution in [0.25, 0.3) is 0 Å². The van der Waals surface area contributed by atoms with Crippen molar-refractivity contribution in [3.05, 3.63) is 41.2 Å². The van der Waals surface area contributed by atoms with Crippen molar-refractivity contribution in [2.75, 3.05) is 5.32 Å². The summed E-state index contributed by atoms with van der Waals surface area (Å²) in [6.45, 7) is 6.00. The minimum Gasteiger partial charge on any atom is -0.324 e. The third-order valence-electron chi connectivity index (χ3n) is 3.33. The number of amides is 1. The Bertz CT molecular complexity index is 633. The molecule has 1 aromatic heterocycles. The number of anilines is 1. The number of rotatable bonds is 5. The molecule has 1 atom stereocenters. The molecular weight excluding hydrogens is 266 g/mol. The Balaban J connectivity index is 2.08. The number of benzene rings is 1. The molecule has 2 rings (SSSR count).